The Morgan fingerprint density at radius 3 is 2.55 bits per heavy atom. The van der Waals surface area contributed by atoms with Crippen LogP contribution in [0.1, 0.15) is 34.5 Å². The highest BCUT2D eigenvalue weighted by Crippen LogP contribution is 2.20. The van der Waals surface area contributed by atoms with Crippen LogP contribution < -0.4 is 0 Å². The van der Waals surface area contributed by atoms with Crippen molar-refractivity contribution in [1.82, 2.24) is 0 Å². The second-order valence-corrected chi connectivity index (χ2v) is 4.45. The smallest absolute Gasteiger partial charge is 0.338 e. The number of carboxylic acids is 1. The van der Waals surface area contributed by atoms with Gasteiger partial charge in [0.25, 0.3) is 0 Å². The fraction of sp³-hybridized carbons (Fsp3) is 0.188. The molecule has 0 aliphatic rings. The minimum absolute atomic E-state index is 0.0308. The van der Waals surface area contributed by atoms with Gasteiger partial charge in [-0.2, -0.15) is 0 Å². The molecular weight excluding hydrogens is 259 g/mol. The van der Waals surface area contributed by atoms with Gasteiger partial charge < -0.3 is 9.84 Å². The average Bonchev–Trinajstić information content (AvgIpc) is 2.46. The van der Waals surface area contributed by atoms with Gasteiger partial charge in [0.2, 0.25) is 0 Å². The Morgan fingerprint density at radius 1 is 1.20 bits per heavy atom. The van der Waals surface area contributed by atoms with Crippen LogP contribution in [0.5, 0.6) is 0 Å². The second kappa shape index (κ2) is 6.30. The molecule has 4 heteroatoms. The Bertz CT molecular complexity index is 596. The zero-order valence-corrected chi connectivity index (χ0v) is 11.0. The van der Waals surface area contributed by atoms with Gasteiger partial charge >= 0.3 is 5.97 Å². The van der Waals surface area contributed by atoms with E-state index in [4.69, 9.17) is 9.84 Å². The maximum Gasteiger partial charge on any atom is 0.338 e. The Labute approximate surface area is 116 Å². The van der Waals surface area contributed by atoms with Crippen LogP contribution in [0.4, 0.5) is 4.39 Å². The summed E-state index contributed by atoms with van der Waals surface area (Å²) in [4.78, 5) is 10.9. The normalized spacial score (nSPS) is 12.1. The first-order valence-electron chi connectivity index (χ1n) is 6.27. The third kappa shape index (κ3) is 3.22. The molecule has 0 aliphatic heterocycles. The summed E-state index contributed by atoms with van der Waals surface area (Å²) in [7, 11) is 0. The molecule has 0 saturated heterocycles. The van der Waals surface area contributed by atoms with E-state index in [9.17, 15) is 9.18 Å². The summed E-state index contributed by atoms with van der Waals surface area (Å²) in [5.41, 5.74) is 0.897. The highest BCUT2D eigenvalue weighted by molar-refractivity contribution is 5.88. The summed E-state index contributed by atoms with van der Waals surface area (Å²) >= 11 is 0. The number of carboxylic acid groups (broad SMARTS) is 1. The van der Waals surface area contributed by atoms with Crippen molar-refractivity contribution >= 4 is 5.97 Å². The maximum atomic E-state index is 13.9. The summed E-state index contributed by atoms with van der Waals surface area (Å²) < 4.78 is 19.5. The minimum atomic E-state index is -1.28. The Balaban J connectivity index is 2.08. The van der Waals surface area contributed by atoms with Gasteiger partial charge in [-0.05, 0) is 18.6 Å². The van der Waals surface area contributed by atoms with Crippen LogP contribution in [0.15, 0.2) is 48.5 Å². The summed E-state index contributed by atoms with van der Waals surface area (Å²) in [6.07, 6.45) is -0.191. The van der Waals surface area contributed by atoms with E-state index in [-0.39, 0.29) is 23.8 Å². The number of carbonyl (C=O) groups is 1. The Kier molecular flexibility index (Phi) is 4.48. The SMILES string of the molecule is CC(OCc1cccc(C(=O)O)c1F)c1ccccc1. The fourth-order valence-electron chi connectivity index (χ4n) is 1.89. The van der Waals surface area contributed by atoms with Crippen LogP contribution in [-0.2, 0) is 11.3 Å². The van der Waals surface area contributed by atoms with Crippen LogP contribution in [0.3, 0.4) is 0 Å². The average molecular weight is 274 g/mol. The van der Waals surface area contributed by atoms with E-state index >= 15 is 0 Å². The van der Waals surface area contributed by atoms with E-state index < -0.39 is 11.8 Å². The molecule has 104 valence electrons. The van der Waals surface area contributed by atoms with Crippen molar-refractivity contribution < 1.29 is 19.0 Å². The van der Waals surface area contributed by atoms with Gasteiger partial charge in [-0.3, -0.25) is 0 Å². The molecule has 2 aromatic rings. The van der Waals surface area contributed by atoms with Crippen molar-refractivity contribution in [2.45, 2.75) is 19.6 Å². The van der Waals surface area contributed by atoms with E-state index in [2.05, 4.69) is 0 Å². The van der Waals surface area contributed by atoms with Crippen molar-refractivity contribution in [3.05, 3.63) is 71.0 Å². The molecule has 0 amide bonds. The minimum Gasteiger partial charge on any atom is -0.478 e. The fourth-order valence-corrected chi connectivity index (χ4v) is 1.89. The Hall–Kier alpha value is -2.20. The molecule has 0 radical (unpaired) electrons. The molecule has 20 heavy (non-hydrogen) atoms. The predicted molar refractivity (Wildman–Crippen MR) is 73.0 cm³/mol. The summed E-state index contributed by atoms with van der Waals surface area (Å²) in [6, 6.07) is 13.8. The van der Waals surface area contributed by atoms with Gasteiger partial charge in [0.15, 0.2) is 0 Å². The lowest BCUT2D eigenvalue weighted by Crippen LogP contribution is -2.06. The van der Waals surface area contributed by atoms with Gasteiger partial charge in [-0.15, -0.1) is 0 Å². The van der Waals surface area contributed by atoms with Gasteiger partial charge in [-0.1, -0.05) is 42.5 Å². The topological polar surface area (TPSA) is 46.5 Å². The van der Waals surface area contributed by atoms with Crippen LogP contribution >= 0.6 is 0 Å². The molecule has 0 spiro atoms. The third-order valence-electron chi connectivity index (χ3n) is 3.07. The summed E-state index contributed by atoms with van der Waals surface area (Å²) in [5.74, 6) is -2.01. The van der Waals surface area contributed by atoms with E-state index in [1.807, 2.05) is 37.3 Å². The molecule has 3 nitrogen and oxygen atoms in total. The first-order valence-corrected chi connectivity index (χ1v) is 6.27. The van der Waals surface area contributed by atoms with Crippen LogP contribution in [0.25, 0.3) is 0 Å². The van der Waals surface area contributed by atoms with E-state index in [1.54, 1.807) is 0 Å². The Morgan fingerprint density at radius 2 is 1.90 bits per heavy atom. The molecule has 0 aliphatic carbocycles. The predicted octanol–water partition coefficient (Wildman–Crippen LogP) is 3.80. The quantitative estimate of drug-likeness (QED) is 0.902. The third-order valence-corrected chi connectivity index (χ3v) is 3.07. The highest BCUT2D eigenvalue weighted by atomic mass is 19.1. The van der Waals surface area contributed by atoms with Crippen molar-refractivity contribution in [2.75, 3.05) is 0 Å². The van der Waals surface area contributed by atoms with Crippen LogP contribution in [-0.4, -0.2) is 11.1 Å². The summed E-state index contributed by atoms with van der Waals surface area (Å²) in [6.45, 7) is 1.90. The first-order chi connectivity index (χ1) is 9.59. The van der Waals surface area contributed by atoms with Crippen LogP contribution in [0, 0.1) is 5.82 Å². The molecule has 1 unspecified atom stereocenters. The second-order valence-electron chi connectivity index (χ2n) is 4.45. The van der Waals surface area contributed by atoms with E-state index in [0.29, 0.717) is 0 Å². The summed E-state index contributed by atoms with van der Waals surface area (Å²) in [5, 5.41) is 8.86. The van der Waals surface area contributed by atoms with Crippen molar-refractivity contribution in [2.24, 2.45) is 0 Å². The van der Waals surface area contributed by atoms with E-state index in [0.717, 1.165) is 5.56 Å². The number of ether oxygens (including phenoxy) is 1. The number of rotatable bonds is 5. The number of aromatic carboxylic acids is 1. The lowest BCUT2D eigenvalue weighted by Gasteiger charge is -2.14. The molecule has 0 aromatic heterocycles. The molecule has 0 heterocycles. The zero-order valence-electron chi connectivity index (χ0n) is 11.0. The van der Waals surface area contributed by atoms with Crippen molar-refractivity contribution in [1.29, 1.82) is 0 Å². The highest BCUT2D eigenvalue weighted by Gasteiger charge is 2.14. The number of benzene rings is 2. The molecule has 2 aromatic carbocycles. The first kappa shape index (κ1) is 14.2. The van der Waals surface area contributed by atoms with E-state index in [1.165, 1.54) is 18.2 Å². The van der Waals surface area contributed by atoms with Crippen molar-refractivity contribution in [3.63, 3.8) is 0 Å². The number of hydrogen-bond acceptors (Lipinski definition) is 2. The monoisotopic (exact) mass is 274 g/mol. The standard InChI is InChI=1S/C16H15FO3/c1-11(12-6-3-2-4-7-12)20-10-13-8-5-9-14(15(13)17)16(18)19/h2-9,11H,10H2,1H3,(H,18,19). The van der Waals surface area contributed by atoms with Gasteiger partial charge in [0, 0.05) is 5.56 Å². The molecule has 0 bridgehead atoms. The molecule has 1 atom stereocenters. The van der Waals surface area contributed by atoms with Gasteiger partial charge in [-0.25, -0.2) is 9.18 Å². The number of hydrogen-bond donors (Lipinski definition) is 1. The molecule has 2 rings (SSSR count). The van der Waals surface area contributed by atoms with Crippen LogP contribution in [0.2, 0.25) is 0 Å². The molecule has 0 fully saturated rings. The lowest BCUT2D eigenvalue weighted by molar-refractivity contribution is 0.0506. The largest absolute Gasteiger partial charge is 0.478 e. The van der Waals surface area contributed by atoms with Crippen molar-refractivity contribution in [3.8, 4) is 0 Å². The molecular formula is C16H15FO3. The molecule has 1 N–H and O–H groups in total. The molecule has 0 saturated carbocycles. The number of halogens is 1. The van der Waals surface area contributed by atoms with Gasteiger partial charge in [0.1, 0.15) is 5.82 Å². The maximum absolute atomic E-state index is 13.9. The lowest BCUT2D eigenvalue weighted by atomic mass is 10.1. The zero-order chi connectivity index (χ0) is 14.5. The van der Waals surface area contributed by atoms with Gasteiger partial charge in [0.05, 0.1) is 18.3 Å².